The van der Waals surface area contributed by atoms with Crippen LogP contribution in [0.1, 0.15) is 25.5 Å². The number of aliphatic hydroxyl groups is 1. The van der Waals surface area contributed by atoms with Crippen LogP contribution in [0.4, 0.5) is 0 Å². The molecule has 0 fully saturated rings. The van der Waals surface area contributed by atoms with E-state index in [-0.39, 0.29) is 30.2 Å². The molecule has 2 aromatic carbocycles. The van der Waals surface area contributed by atoms with E-state index in [1.807, 2.05) is 44.2 Å². The van der Waals surface area contributed by atoms with Gasteiger partial charge in [-0.05, 0) is 43.7 Å². The summed E-state index contributed by atoms with van der Waals surface area (Å²) in [6, 6.07) is 16.2. The van der Waals surface area contributed by atoms with E-state index in [0.717, 1.165) is 11.3 Å². The van der Waals surface area contributed by atoms with E-state index >= 15 is 0 Å². The number of aromatic hydroxyl groups is 1. The van der Waals surface area contributed by atoms with Crippen LogP contribution in [0.2, 0.25) is 0 Å². The molecule has 0 aliphatic carbocycles. The minimum Gasteiger partial charge on any atom is -1.00 e. The van der Waals surface area contributed by atoms with Gasteiger partial charge in [0.2, 0.25) is 0 Å². The maximum absolute atomic E-state index is 10.3. The van der Waals surface area contributed by atoms with Crippen LogP contribution in [0, 0.1) is 0 Å². The molecule has 0 aromatic heterocycles. The van der Waals surface area contributed by atoms with Gasteiger partial charge in [0, 0.05) is 12.1 Å². The largest absolute Gasteiger partial charge is 1.00 e. The fourth-order valence-electron chi connectivity index (χ4n) is 2.29. The first-order valence-electron chi connectivity index (χ1n) is 7.47. The number of nitrogens with one attached hydrogen (secondary N) is 1. The van der Waals surface area contributed by atoms with Crippen molar-refractivity contribution < 1.29 is 27.4 Å². The van der Waals surface area contributed by atoms with Crippen LogP contribution in [0.5, 0.6) is 11.5 Å². The van der Waals surface area contributed by atoms with Crippen molar-refractivity contribution in [3.63, 3.8) is 0 Å². The van der Waals surface area contributed by atoms with Crippen molar-refractivity contribution in [3.05, 3.63) is 60.2 Å². The normalized spacial score (nSPS) is 14.4. The van der Waals surface area contributed by atoms with Crippen LogP contribution in [0.25, 0.3) is 0 Å². The lowest BCUT2D eigenvalue weighted by atomic mass is 10.0. The summed E-state index contributed by atoms with van der Waals surface area (Å²) in [7, 11) is 0. The Labute approximate surface area is 143 Å². The van der Waals surface area contributed by atoms with Gasteiger partial charge in [0.1, 0.15) is 18.1 Å². The first-order chi connectivity index (χ1) is 10.6. The van der Waals surface area contributed by atoms with Gasteiger partial charge in [0.15, 0.2) is 0 Å². The number of hydrogen-bond acceptors (Lipinski definition) is 4. The highest BCUT2D eigenvalue weighted by molar-refractivity contribution is 5.28. The highest BCUT2D eigenvalue weighted by Crippen LogP contribution is 2.20. The van der Waals surface area contributed by atoms with Crippen LogP contribution in [-0.2, 0) is 0 Å². The molecule has 0 aliphatic heterocycles. The van der Waals surface area contributed by atoms with E-state index < -0.39 is 6.10 Å². The maximum atomic E-state index is 10.3. The number of benzene rings is 2. The summed E-state index contributed by atoms with van der Waals surface area (Å²) in [5.41, 5.74) is 0.772. The Bertz CT molecular complexity index is 562. The number of phenolic OH excluding ortho intramolecular Hbond substituents is 1. The summed E-state index contributed by atoms with van der Waals surface area (Å²) < 4.78 is 5.69. The smallest absolute Gasteiger partial charge is 0.119 e. The Morgan fingerprint density at radius 1 is 1.00 bits per heavy atom. The Morgan fingerprint density at radius 2 is 1.61 bits per heavy atom. The first kappa shape index (κ1) is 19.3. The predicted molar refractivity (Wildman–Crippen MR) is 87.1 cm³/mol. The fourth-order valence-corrected chi connectivity index (χ4v) is 2.29. The van der Waals surface area contributed by atoms with Crippen LogP contribution >= 0.6 is 0 Å². The molecule has 2 rings (SSSR count). The third-order valence-corrected chi connectivity index (χ3v) is 3.50. The van der Waals surface area contributed by atoms with Gasteiger partial charge in [-0.2, -0.15) is 0 Å². The van der Waals surface area contributed by atoms with Crippen molar-refractivity contribution in [2.45, 2.75) is 32.0 Å². The zero-order valence-corrected chi connectivity index (χ0v) is 14.1. The molecule has 2 unspecified atom stereocenters. The monoisotopic (exact) mass is 336 g/mol. The lowest BCUT2D eigenvalue weighted by molar-refractivity contribution is -0.00000748. The number of halogens is 1. The summed E-state index contributed by atoms with van der Waals surface area (Å²) in [6.45, 7) is 4.47. The molecule has 0 spiro atoms. The van der Waals surface area contributed by atoms with E-state index in [0.29, 0.717) is 6.61 Å². The standard InChI is InChI=1S/C18H23NO3.ClH/c1-13(12-22-17-6-4-3-5-7-17)19-14(2)18(21)15-8-10-16(20)11-9-15;/h3-11,13-14,18-21H,12H2,1-2H3;1H/p-1/t13?,14?,18-;/m0./s1. The first-order valence-corrected chi connectivity index (χ1v) is 7.47. The Morgan fingerprint density at radius 3 is 2.22 bits per heavy atom. The third kappa shape index (κ3) is 6.10. The lowest BCUT2D eigenvalue weighted by Crippen LogP contribution is -3.00. The van der Waals surface area contributed by atoms with Crippen molar-refractivity contribution in [3.8, 4) is 11.5 Å². The molecule has 0 heterocycles. The zero-order valence-electron chi connectivity index (χ0n) is 13.3. The van der Waals surface area contributed by atoms with E-state index in [2.05, 4.69) is 5.32 Å². The van der Waals surface area contributed by atoms with Gasteiger partial charge in [-0.15, -0.1) is 0 Å². The SMILES string of the molecule is CC(COc1ccccc1)NC(C)[C@H](O)c1ccc(O)cc1.[Cl-]. The summed E-state index contributed by atoms with van der Waals surface area (Å²) in [6.07, 6.45) is -0.639. The molecule has 2 aromatic rings. The molecular weight excluding hydrogens is 314 g/mol. The van der Waals surface area contributed by atoms with Crippen molar-refractivity contribution in [2.75, 3.05) is 6.61 Å². The molecule has 0 saturated heterocycles. The van der Waals surface area contributed by atoms with Gasteiger partial charge in [-0.3, -0.25) is 0 Å². The van der Waals surface area contributed by atoms with Crippen LogP contribution < -0.4 is 22.5 Å². The van der Waals surface area contributed by atoms with Gasteiger partial charge in [0.05, 0.1) is 6.10 Å². The fraction of sp³-hybridized carbons (Fsp3) is 0.333. The molecule has 0 aliphatic rings. The number of rotatable bonds is 7. The van der Waals surface area contributed by atoms with Gasteiger partial charge in [-0.1, -0.05) is 30.3 Å². The molecule has 23 heavy (non-hydrogen) atoms. The molecule has 126 valence electrons. The van der Waals surface area contributed by atoms with Gasteiger partial charge in [0.25, 0.3) is 0 Å². The molecule has 3 atom stereocenters. The second-order valence-corrected chi connectivity index (χ2v) is 5.52. The number of hydrogen-bond donors (Lipinski definition) is 3. The summed E-state index contributed by atoms with van der Waals surface area (Å²) in [5.74, 6) is 1.03. The third-order valence-electron chi connectivity index (χ3n) is 3.50. The van der Waals surface area contributed by atoms with Crippen LogP contribution in [0.15, 0.2) is 54.6 Å². The summed E-state index contributed by atoms with van der Waals surface area (Å²) >= 11 is 0. The Kier molecular flexibility index (Phi) is 7.89. The summed E-state index contributed by atoms with van der Waals surface area (Å²) in [4.78, 5) is 0. The van der Waals surface area contributed by atoms with Gasteiger partial charge >= 0.3 is 0 Å². The quantitative estimate of drug-likeness (QED) is 0.659. The van der Waals surface area contributed by atoms with Crippen molar-refractivity contribution in [2.24, 2.45) is 0 Å². The maximum Gasteiger partial charge on any atom is 0.119 e. The minimum atomic E-state index is -0.639. The second kappa shape index (κ2) is 9.40. The van der Waals surface area contributed by atoms with Crippen molar-refractivity contribution in [1.29, 1.82) is 0 Å². The van der Waals surface area contributed by atoms with Gasteiger partial charge in [-0.25, -0.2) is 0 Å². The van der Waals surface area contributed by atoms with Crippen molar-refractivity contribution >= 4 is 0 Å². The number of phenols is 1. The molecule has 4 nitrogen and oxygen atoms in total. The Balaban J connectivity index is 0.00000264. The highest BCUT2D eigenvalue weighted by atomic mass is 35.5. The number of ether oxygens (including phenoxy) is 1. The van der Waals surface area contributed by atoms with E-state index in [1.54, 1.807) is 24.3 Å². The van der Waals surface area contributed by atoms with E-state index in [4.69, 9.17) is 4.74 Å². The molecule has 0 bridgehead atoms. The molecule has 5 heteroatoms. The Hall–Kier alpha value is -1.75. The number of aliphatic hydroxyl groups excluding tert-OH is 1. The van der Waals surface area contributed by atoms with E-state index in [1.165, 1.54) is 0 Å². The lowest BCUT2D eigenvalue weighted by Gasteiger charge is -2.25. The molecule has 0 saturated carbocycles. The molecule has 3 N–H and O–H groups in total. The predicted octanol–water partition coefficient (Wildman–Crippen LogP) is -0.125. The highest BCUT2D eigenvalue weighted by Gasteiger charge is 2.18. The van der Waals surface area contributed by atoms with Crippen LogP contribution in [0.3, 0.4) is 0 Å². The summed E-state index contributed by atoms with van der Waals surface area (Å²) in [5, 5.41) is 22.9. The van der Waals surface area contributed by atoms with Crippen LogP contribution in [-0.4, -0.2) is 28.9 Å². The van der Waals surface area contributed by atoms with Gasteiger partial charge < -0.3 is 32.7 Å². The average Bonchev–Trinajstić information content (AvgIpc) is 2.54. The number of para-hydroxylation sites is 1. The second-order valence-electron chi connectivity index (χ2n) is 5.52. The molecule has 0 amide bonds. The molecule has 0 radical (unpaired) electrons. The zero-order chi connectivity index (χ0) is 15.9. The average molecular weight is 337 g/mol. The van der Waals surface area contributed by atoms with Crippen molar-refractivity contribution in [1.82, 2.24) is 5.32 Å². The molecular formula is C18H23ClNO3-. The topological polar surface area (TPSA) is 61.7 Å². The van der Waals surface area contributed by atoms with E-state index in [9.17, 15) is 10.2 Å². The minimum absolute atomic E-state index is 0.